The molecular formula is C16H18ClN3O3. The van der Waals surface area contributed by atoms with Gasteiger partial charge in [0.1, 0.15) is 5.69 Å². The summed E-state index contributed by atoms with van der Waals surface area (Å²) in [5, 5.41) is 9.98. The van der Waals surface area contributed by atoms with Crippen molar-refractivity contribution in [1.82, 2.24) is 15.5 Å². The van der Waals surface area contributed by atoms with Crippen LogP contribution in [0.2, 0.25) is 5.02 Å². The number of nitrogens with zero attached hydrogens (tertiary/aromatic N) is 1. The summed E-state index contributed by atoms with van der Waals surface area (Å²) < 4.78 is 4.96. The lowest BCUT2D eigenvalue weighted by Gasteiger charge is -2.20. The second kappa shape index (κ2) is 6.83. The number of hydrogen-bond acceptors (Lipinski definition) is 4. The first-order chi connectivity index (χ1) is 10.7. The van der Waals surface area contributed by atoms with Crippen LogP contribution in [0.5, 0.6) is 0 Å². The molecule has 0 unspecified atom stereocenters. The number of aromatic nitrogens is 2. The van der Waals surface area contributed by atoms with Crippen LogP contribution in [0.25, 0.3) is 11.3 Å². The first-order valence-corrected chi connectivity index (χ1v) is 7.42. The Hall–Kier alpha value is -2.34. The SMILES string of the molecule is CC(C)(C)NC(=O)COC(=O)c1cc(-c2ccc(Cl)cc2)n[nH]1. The van der Waals surface area contributed by atoms with Gasteiger partial charge in [-0.2, -0.15) is 5.10 Å². The summed E-state index contributed by atoms with van der Waals surface area (Å²) in [6.45, 7) is 5.20. The van der Waals surface area contributed by atoms with Gasteiger partial charge in [-0.05, 0) is 39.0 Å². The van der Waals surface area contributed by atoms with Crippen LogP contribution >= 0.6 is 11.6 Å². The average molecular weight is 336 g/mol. The minimum atomic E-state index is -0.637. The highest BCUT2D eigenvalue weighted by atomic mass is 35.5. The second-order valence-corrected chi connectivity index (χ2v) is 6.48. The van der Waals surface area contributed by atoms with Crippen molar-refractivity contribution in [3.05, 3.63) is 41.0 Å². The number of H-pyrrole nitrogens is 1. The van der Waals surface area contributed by atoms with Crippen LogP contribution in [0.1, 0.15) is 31.3 Å². The third-order valence-corrected chi connectivity index (χ3v) is 3.04. The third kappa shape index (κ3) is 5.10. The lowest BCUT2D eigenvalue weighted by molar-refractivity contribution is -0.125. The Morgan fingerprint density at radius 3 is 2.52 bits per heavy atom. The van der Waals surface area contributed by atoms with Gasteiger partial charge in [-0.3, -0.25) is 9.89 Å². The summed E-state index contributed by atoms with van der Waals surface area (Å²) >= 11 is 5.83. The largest absolute Gasteiger partial charge is 0.451 e. The minimum Gasteiger partial charge on any atom is -0.451 e. The third-order valence-electron chi connectivity index (χ3n) is 2.79. The molecule has 0 aliphatic heterocycles. The maximum atomic E-state index is 11.9. The first-order valence-electron chi connectivity index (χ1n) is 7.04. The molecule has 6 nitrogen and oxygen atoms in total. The first kappa shape index (κ1) is 17.0. The fraction of sp³-hybridized carbons (Fsp3) is 0.312. The van der Waals surface area contributed by atoms with E-state index in [-0.39, 0.29) is 23.7 Å². The summed E-state index contributed by atoms with van der Waals surface area (Å²) in [5.41, 5.74) is 1.21. The van der Waals surface area contributed by atoms with Crippen molar-refractivity contribution in [2.45, 2.75) is 26.3 Å². The van der Waals surface area contributed by atoms with Gasteiger partial charge in [0.05, 0.1) is 5.69 Å². The molecule has 0 saturated heterocycles. The van der Waals surface area contributed by atoms with E-state index in [0.717, 1.165) is 5.56 Å². The van der Waals surface area contributed by atoms with Gasteiger partial charge in [0.25, 0.3) is 5.91 Å². The quantitative estimate of drug-likeness (QED) is 0.841. The average Bonchev–Trinajstić information content (AvgIpc) is 2.93. The predicted octanol–water partition coefficient (Wildman–Crippen LogP) is 2.80. The van der Waals surface area contributed by atoms with Crippen LogP contribution < -0.4 is 5.32 Å². The molecule has 1 aromatic carbocycles. The van der Waals surface area contributed by atoms with E-state index in [1.54, 1.807) is 30.3 Å². The van der Waals surface area contributed by atoms with Crippen molar-refractivity contribution < 1.29 is 14.3 Å². The van der Waals surface area contributed by atoms with Gasteiger partial charge < -0.3 is 10.1 Å². The van der Waals surface area contributed by atoms with Gasteiger partial charge >= 0.3 is 5.97 Å². The molecule has 2 N–H and O–H groups in total. The van der Waals surface area contributed by atoms with Gasteiger partial charge in [-0.15, -0.1) is 0 Å². The van der Waals surface area contributed by atoms with E-state index in [0.29, 0.717) is 10.7 Å². The molecule has 1 aromatic heterocycles. The van der Waals surface area contributed by atoms with E-state index in [1.807, 2.05) is 20.8 Å². The number of esters is 1. The maximum Gasteiger partial charge on any atom is 0.356 e. The summed E-state index contributed by atoms with van der Waals surface area (Å²) in [5.74, 6) is -0.995. The Morgan fingerprint density at radius 1 is 1.26 bits per heavy atom. The Labute approximate surface area is 139 Å². The molecular weight excluding hydrogens is 318 g/mol. The highest BCUT2D eigenvalue weighted by molar-refractivity contribution is 6.30. The molecule has 0 saturated carbocycles. The number of amides is 1. The molecule has 0 fully saturated rings. The number of rotatable bonds is 4. The van der Waals surface area contributed by atoms with Gasteiger partial charge in [0.2, 0.25) is 0 Å². The van der Waals surface area contributed by atoms with E-state index in [2.05, 4.69) is 15.5 Å². The van der Waals surface area contributed by atoms with Gasteiger partial charge in [0.15, 0.2) is 6.61 Å². The van der Waals surface area contributed by atoms with E-state index >= 15 is 0 Å². The number of aromatic amines is 1. The number of halogens is 1. The topological polar surface area (TPSA) is 84.1 Å². The molecule has 1 heterocycles. The molecule has 0 aliphatic carbocycles. The molecule has 122 valence electrons. The summed E-state index contributed by atoms with van der Waals surface area (Å²) in [4.78, 5) is 23.5. The summed E-state index contributed by atoms with van der Waals surface area (Å²) in [6.07, 6.45) is 0. The highest BCUT2D eigenvalue weighted by Crippen LogP contribution is 2.20. The molecule has 2 rings (SSSR count). The Bertz CT molecular complexity index is 702. The van der Waals surface area contributed by atoms with Crippen LogP contribution in [-0.4, -0.2) is 34.2 Å². The van der Waals surface area contributed by atoms with Gasteiger partial charge in [0, 0.05) is 16.1 Å². The number of hydrogen-bond donors (Lipinski definition) is 2. The molecule has 23 heavy (non-hydrogen) atoms. The van der Waals surface area contributed by atoms with Crippen LogP contribution in [0.4, 0.5) is 0 Å². The second-order valence-electron chi connectivity index (χ2n) is 6.05. The van der Waals surface area contributed by atoms with Crippen LogP contribution in [0.15, 0.2) is 30.3 Å². The molecule has 7 heteroatoms. The van der Waals surface area contributed by atoms with E-state index in [1.165, 1.54) is 0 Å². The van der Waals surface area contributed by atoms with Crippen molar-refractivity contribution in [3.63, 3.8) is 0 Å². The number of nitrogens with one attached hydrogen (secondary N) is 2. The smallest absolute Gasteiger partial charge is 0.356 e. The molecule has 0 radical (unpaired) electrons. The molecule has 0 atom stereocenters. The molecule has 0 spiro atoms. The maximum absolute atomic E-state index is 11.9. The Kier molecular flexibility index (Phi) is 5.05. The molecule has 0 aliphatic rings. The number of carbonyl (C=O) groups excluding carboxylic acids is 2. The summed E-state index contributed by atoms with van der Waals surface area (Å²) in [7, 11) is 0. The van der Waals surface area contributed by atoms with E-state index in [4.69, 9.17) is 16.3 Å². The van der Waals surface area contributed by atoms with E-state index in [9.17, 15) is 9.59 Å². The zero-order chi connectivity index (χ0) is 17.0. The fourth-order valence-electron chi connectivity index (χ4n) is 1.86. The monoisotopic (exact) mass is 335 g/mol. The van der Waals surface area contributed by atoms with Gasteiger partial charge in [-0.1, -0.05) is 23.7 Å². The number of benzene rings is 1. The standard InChI is InChI=1S/C16H18ClN3O3/c1-16(2,3)18-14(21)9-23-15(22)13-8-12(19-20-13)10-4-6-11(17)7-5-10/h4-8H,9H2,1-3H3,(H,18,21)(H,19,20). The summed E-state index contributed by atoms with van der Waals surface area (Å²) in [6, 6.07) is 8.63. The van der Waals surface area contributed by atoms with Crippen LogP contribution in [0, 0.1) is 0 Å². The Balaban J connectivity index is 1.96. The lowest BCUT2D eigenvalue weighted by atomic mass is 10.1. The normalized spacial score (nSPS) is 11.1. The molecule has 0 bridgehead atoms. The van der Waals surface area contributed by atoms with Crippen LogP contribution in [-0.2, 0) is 9.53 Å². The van der Waals surface area contributed by atoms with E-state index < -0.39 is 5.97 Å². The zero-order valence-electron chi connectivity index (χ0n) is 13.1. The van der Waals surface area contributed by atoms with Crippen molar-refractivity contribution in [2.24, 2.45) is 0 Å². The number of carbonyl (C=O) groups is 2. The predicted molar refractivity (Wildman–Crippen MR) is 87.2 cm³/mol. The lowest BCUT2D eigenvalue weighted by Crippen LogP contribution is -2.42. The molecule has 1 amide bonds. The highest BCUT2D eigenvalue weighted by Gasteiger charge is 2.17. The van der Waals surface area contributed by atoms with Gasteiger partial charge in [-0.25, -0.2) is 4.79 Å². The van der Waals surface area contributed by atoms with Crippen molar-refractivity contribution in [3.8, 4) is 11.3 Å². The number of ether oxygens (including phenoxy) is 1. The Morgan fingerprint density at radius 2 is 1.91 bits per heavy atom. The van der Waals surface area contributed by atoms with Crippen molar-refractivity contribution in [2.75, 3.05) is 6.61 Å². The molecule has 2 aromatic rings. The minimum absolute atomic E-state index is 0.179. The zero-order valence-corrected chi connectivity index (χ0v) is 13.9. The van der Waals surface area contributed by atoms with Crippen molar-refractivity contribution >= 4 is 23.5 Å². The van der Waals surface area contributed by atoms with Crippen LogP contribution in [0.3, 0.4) is 0 Å². The van der Waals surface area contributed by atoms with Crippen molar-refractivity contribution in [1.29, 1.82) is 0 Å². The fourth-order valence-corrected chi connectivity index (χ4v) is 1.98.